The topological polar surface area (TPSA) is 68.6 Å². The van der Waals surface area contributed by atoms with Crippen LogP contribution in [-0.2, 0) is 15.1 Å². The lowest BCUT2D eigenvalue weighted by molar-refractivity contribution is -0.130. The summed E-state index contributed by atoms with van der Waals surface area (Å²) in [5, 5.41) is 0. The first-order valence-electron chi connectivity index (χ1n) is 7.34. The van der Waals surface area contributed by atoms with Gasteiger partial charge in [0.25, 0.3) is 0 Å². The van der Waals surface area contributed by atoms with Crippen LogP contribution in [0.15, 0.2) is 29.3 Å². The Hall–Kier alpha value is -2.37. The number of carbonyl (C=O) groups is 2. The number of ether oxygens (including phenoxy) is 1. The van der Waals surface area contributed by atoms with Crippen LogP contribution in [0.3, 0.4) is 0 Å². The average Bonchev–Trinajstić information content (AvgIpc) is 2.96. The molecule has 5 nitrogen and oxygen atoms in total. The number of nitrogens with zero attached hydrogens (tertiary/aromatic N) is 2. The number of hydrogen-bond donors (Lipinski definition) is 0. The van der Waals surface area contributed by atoms with Crippen molar-refractivity contribution in [3.63, 3.8) is 0 Å². The number of rotatable bonds is 4. The van der Waals surface area contributed by atoms with Crippen LogP contribution in [0.1, 0.15) is 43.7 Å². The summed E-state index contributed by atoms with van der Waals surface area (Å²) in [5.41, 5.74) is -2.16. The Morgan fingerprint density at radius 3 is 2.48 bits per heavy atom. The van der Waals surface area contributed by atoms with Crippen molar-refractivity contribution < 1.29 is 18.7 Å². The molecule has 0 aliphatic carbocycles. The number of aliphatic imine (C=N–C) groups is 1. The molecule has 1 unspecified atom stereocenters. The molecule has 1 aliphatic rings. The second kappa shape index (κ2) is 6.02. The zero-order valence-electron chi connectivity index (χ0n) is 13.6. The van der Waals surface area contributed by atoms with Gasteiger partial charge in [0.05, 0.1) is 12.3 Å². The van der Waals surface area contributed by atoms with Crippen LogP contribution in [0.2, 0.25) is 0 Å². The normalized spacial score (nSPS) is 19.9. The molecule has 0 amide bonds. The molecule has 0 saturated heterocycles. The highest BCUT2D eigenvalue weighted by Crippen LogP contribution is 2.37. The quantitative estimate of drug-likeness (QED) is 0.632. The van der Waals surface area contributed by atoms with Gasteiger partial charge in [0.2, 0.25) is 5.95 Å². The number of esters is 1. The molecule has 0 radical (unpaired) electrons. The maximum Gasteiger partial charge on any atom is 0.342 e. The van der Waals surface area contributed by atoms with Gasteiger partial charge in [0.1, 0.15) is 5.56 Å². The third-order valence-corrected chi connectivity index (χ3v) is 3.46. The Morgan fingerprint density at radius 2 is 2.00 bits per heavy atom. The summed E-state index contributed by atoms with van der Waals surface area (Å²) < 4.78 is 19.0. The van der Waals surface area contributed by atoms with Gasteiger partial charge >= 0.3 is 5.97 Å². The van der Waals surface area contributed by atoms with Crippen molar-refractivity contribution in [1.82, 2.24) is 4.98 Å². The van der Waals surface area contributed by atoms with Crippen molar-refractivity contribution in [2.45, 2.75) is 33.2 Å². The van der Waals surface area contributed by atoms with E-state index in [1.165, 1.54) is 18.3 Å². The molecular weight excluding hydrogens is 299 g/mol. The Morgan fingerprint density at radius 1 is 1.30 bits per heavy atom. The maximum atomic E-state index is 14.2. The van der Waals surface area contributed by atoms with E-state index in [4.69, 9.17) is 4.74 Å². The molecule has 2 rings (SSSR count). The molecule has 0 aromatic carbocycles. The summed E-state index contributed by atoms with van der Waals surface area (Å²) in [6.45, 7) is 7.07. The van der Waals surface area contributed by atoms with E-state index in [1.807, 2.05) is 0 Å². The molecule has 122 valence electrons. The number of pyridine rings is 1. The van der Waals surface area contributed by atoms with Crippen LogP contribution in [0, 0.1) is 11.4 Å². The molecular formula is C17H19FN2O3. The fourth-order valence-electron chi connectivity index (χ4n) is 2.37. The van der Waals surface area contributed by atoms with Crippen molar-refractivity contribution >= 4 is 18.0 Å². The first kappa shape index (κ1) is 17.0. The first-order chi connectivity index (χ1) is 10.7. The molecule has 0 N–H and O–H groups in total. The molecule has 0 spiro atoms. The van der Waals surface area contributed by atoms with Crippen LogP contribution in [0.5, 0.6) is 0 Å². The van der Waals surface area contributed by atoms with Crippen LogP contribution in [0.4, 0.5) is 4.39 Å². The molecule has 2 heterocycles. The van der Waals surface area contributed by atoms with E-state index in [9.17, 15) is 14.0 Å². The molecule has 1 atom stereocenters. The van der Waals surface area contributed by atoms with Gasteiger partial charge in [-0.3, -0.25) is 9.79 Å². The molecule has 1 aliphatic heterocycles. The predicted octanol–water partition coefficient (Wildman–Crippen LogP) is 2.85. The number of ketones is 1. The van der Waals surface area contributed by atoms with Gasteiger partial charge < -0.3 is 4.74 Å². The Labute approximate surface area is 134 Å². The largest absolute Gasteiger partial charge is 0.462 e. The molecule has 1 aromatic rings. The van der Waals surface area contributed by atoms with Gasteiger partial charge in [-0.05, 0) is 31.2 Å². The van der Waals surface area contributed by atoms with Crippen molar-refractivity contribution in [2.24, 2.45) is 10.4 Å². The maximum absolute atomic E-state index is 14.2. The number of hydrogen-bond acceptors (Lipinski definition) is 5. The highest BCUT2D eigenvalue weighted by Gasteiger charge is 2.45. The van der Waals surface area contributed by atoms with Gasteiger partial charge in [-0.2, -0.15) is 4.39 Å². The second-order valence-electron chi connectivity index (χ2n) is 6.24. The lowest BCUT2D eigenvalue weighted by atomic mass is 9.76. The smallest absolute Gasteiger partial charge is 0.342 e. The highest BCUT2D eigenvalue weighted by molar-refractivity contribution is 5.99. The second-order valence-corrected chi connectivity index (χ2v) is 6.24. The predicted molar refractivity (Wildman–Crippen MR) is 83.9 cm³/mol. The Kier molecular flexibility index (Phi) is 4.45. The van der Waals surface area contributed by atoms with Crippen LogP contribution >= 0.6 is 0 Å². The van der Waals surface area contributed by atoms with Crippen molar-refractivity contribution in [1.29, 1.82) is 0 Å². The molecule has 0 fully saturated rings. The van der Waals surface area contributed by atoms with Crippen molar-refractivity contribution in [3.05, 3.63) is 41.5 Å². The van der Waals surface area contributed by atoms with E-state index in [1.54, 1.807) is 39.8 Å². The van der Waals surface area contributed by atoms with Crippen molar-refractivity contribution in [2.75, 3.05) is 6.61 Å². The molecule has 23 heavy (non-hydrogen) atoms. The highest BCUT2D eigenvalue weighted by atomic mass is 19.1. The van der Waals surface area contributed by atoms with Gasteiger partial charge in [-0.15, -0.1) is 0 Å². The fourth-order valence-corrected chi connectivity index (χ4v) is 2.37. The zero-order valence-corrected chi connectivity index (χ0v) is 13.6. The molecule has 0 saturated carbocycles. The third-order valence-electron chi connectivity index (χ3n) is 3.46. The number of carbonyl (C=O) groups excluding carboxylic acids is 2. The summed E-state index contributed by atoms with van der Waals surface area (Å²) in [6.07, 6.45) is 4.71. The average molecular weight is 318 g/mol. The summed E-state index contributed by atoms with van der Waals surface area (Å²) in [6, 6.07) is 2.71. The molecule has 6 heteroatoms. The monoisotopic (exact) mass is 318 g/mol. The number of Topliss-reactive ketones (excluding diaryl/α,β-unsaturated/α-hetero) is 1. The Balaban J connectivity index is 2.49. The van der Waals surface area contributed by atoms with Crippen LogP contribution in [-0.4, -0.2) is 29.6 Å². The number of halogens is 1. The minimum Gasteiger partial charge on any atom is -0.462 e. The molecule has 1 aromatic heterocycles. The van der Waals surface area contributed by atoms with Gasteiger partial charge in [0, 0.05) is 11.6 Å². The zero-order chi connectivity index (χ0) is 17.3. The van der Waals surface area contributed by atoms with E-state index < -0.39 is 22.9 Å². The summed E-state index contributed by atoms with van der Waals surface area (Å²) in [4.78, 5) is 32.5. The van der Waals surface area contributed by atoms with E-state index >= 15 is 0 Å². The van der Waals surface area contributed by atoms with Gasteiger partial charge in [0.15, 0.2) is 11.3 Å². The summed E-state index contributed by atoms with van der Waals surface area (Å²) in [7, 11) is 0. The minimum absolute atomic E-state index is 0.138. The van der Waals surface area contributed by atoms with E-state index in [0.717, 1.165) is 0 Å². The van der Waals surface area contributed by atoms with Crippen LogP contribution in [0.25, 0.3) is 0 Å². The first-order valence-corrected chi connectivity index (χ1v) is 7.34. The van der Waals surface area contributed by atoms with Crippen molar-refractivity contribution in [3.8, 4) is 0 Å². The molecule has 0 bridgehead atoms. The Bertz CT molecular complexity index is 690. The van der Waals surface area contributed by atoms with Crippen LogP contribution < -0.4 is 0 Å². The van der Waals surface area contributed by atoms with E-state index in [2.05, 4.69) is 9.98 Å². The van der Waals surface area contributed by atoms with Gasteiger partial charge in [-0.25, -0.2) is 9.78 Å². The SMILES string of the molecule is CCOC(=O)c1ccc(C2(C(=O)C(C)(C)C)C=CC=N2)nc1F. The standard InChI is InChI=1S/C17H19FN2O3/c1-5-23-14(21)11-7-8-12(20-13(11)18)17(9-6-10-19-17)15(22)16(2,3)4/h6-10H,5H2,1-4H3. The van der Waals surface area contributed by atoms with Gasteiger partial charge in [-0.1, -0.05) is 20.8 Å². The minimum atomic E-state index is -1.35. The number of aromatic nitrogens is 1. The van der Waals surface area contributed by atoms with E-state index in [0.29, 0.717) is 0 Å². The lowest BCUT2D eigenvalue weighted by Crippen LogP contribution is -2.40. The lowest BCUT2D eigenvalue weighted by Gasteiger charge is -2.29. The fraction of sp³-hybridized carbons (Fsp3) is 0.412. The van der Waals surface area contributed by atoms with E-state index in [-0.39, 0.29) is 23.6 Å². The number of allylic oxidation sites excluding steroid dienone is 1. The summed E-state index contributed by atoms with van der Waals surface area (Å²) in [5.74, 6) is -1.96. The third kappa shape index (κ3) is 3.06. The summed E-state index contributed by atoms with van der Waals surface area (Å²) >= 11 is 0.